The third-order valence-electron chi connectivity index (χ3n) is 6.61. The number of ether oxygens (including phenoxy) is 6. The van der Waals surface area contributed by atoms with Gasteiger partial charge in [-0.25, -0.2) is 4.79 Å². The van der Waals surface area contributed by atoms with E-state index in [0.29, 0.717) is 41.2 Å². The number of benzene rings is 1. The fraction of sp³-hybridized carbons (Fsp3) is 0.531. The summed E-state index contributed by atoms with van der Waals surface area (Å²) in [6, 6.07) is 0. The van der Waals surface area contributed by atoms with Gasteiger partial charge in [-0.05, 0) is 38.2 Å². The predicted molar refractivity (Wildman–Crippen MR) is 165 cm³/mol. The second-order valence-electron chi connectivity index (χ2n) is 10.5. The average Bonchev–Trinajstić information content (AvgIpc) is 3.37. The molecule has 0 radical (unpaired) electrons. The molecule has 0 N–H and O–H groups in total. The minimum Gasteiger partial charge on any atom is -0.496 e. The fourth-order valence-corrected chi connectivity index (χ4v) is 4.99. The van der Waals surface area contributed by atoms with Crippen LogP contribution < -0.4 is 9.47 Å². The van der Waals surface area contributed by atoms with Gasteiger partial charge in [0.05, 0.1) is 25.6 Å². The van der Waals surface area contributed by atoms with Crippen molar-refractivity contribution in [2.45, 2.75) is 73.0 Å². The maximum Gasteiger partial charge on any atom is 0.342 e. The Hall–Kier alpha value is -4.00. The van der Waals surface area contributed by atoms with E-state index in [-0.39, 0.29) is 45.2 Å². The van der Waals surface area contributed by atoms with Crippen LogP contribution in [0.15, 0.2) is 24.3 Å². The van der Waals surface area contributed by atoms with Crippen molar-refractivity contribution in [2.24, 2.45) is 5.92 Å². The number of allylic oxidation sites excluding steroid dienone is 2. The Morgan fingerprint density at radius 3 is 2.29 bits per heavy atom. The van der Waals surface area contributed by atoms with Crippen molar-refractivity contribution in [3.63, 3.8) is 0 Å². The Labute approximate surface area is 267 Å². The third kappa shape index (κ3) is 12.1. The highest BCUT2D eigenvalue weighted by atomic mass is 32.2. The fourth-order valence-electron chi connectivity index (χ4n) is 4.36. The molecule has 0 bridgehead atoms. The molecule has 0 fully saturated rings. The molecular formula is C32H42O12S. The van der Waals surface area contributed by atoms with Gasteiger partial charge in [0.25, 0.3) is 0 Å². The largest absolute Gasteiger partial charge is 0.496 e. The van der Waals surface area contributed by atoms with Gasteiger partial charge in [-0.1, -0.05) is 31.2 Å². The lowest BCUT2D eigenvalue weighted by Crippen LogP contribution is -2.30. The first kappa shape index (κ1) is 37.2. The zero-order chi connectivity index (χ0) is 33.5. The van der Waals surface area contributed by atoms with E-state index in [1.54, 1.807) is 20.1 Å². The normalized spacial score (nSPS) is 13.0. The molecule has 1 unspecified atom stereocenters. The lowest BCUT2D eigenvalue weighted by Gasteiger charge is -2.19. The van der Waals surface area contributed by atoms with E-state index < -0.39 is 36.0 Å². The molecule has 1 aliphatic heterocycles. The van der Waals surface area contributed by atoms with Crippen LogP contribution in [0.2, 0.25) is 0 Å². The molecule has 1 atom stereocenters. The molecule has 0 spiro atoms. The summed E-state index contributed by atoms with van der Waals surface area (Å²) in [6.45, 7) is 11.6. The van der Waals surface area contributed by atoms with Gasteiger partial charge in [0.15, 0.2) is 6.10 Å². The van der Waals surface area contributed by atoms with Crippen molar-refractivity contribution < 1.29 is 56.6 Å². The number of hydrogen-bond donors (Lipinski definition) is 0. The van der Waals surface area contributed by atoms with Gasteiger partial charge < -0.3 is 32.6 Å². The Morgan fingerprint density at radius 2 is 1.69 bits per heavy atom. The van der Waals surface area contributed by atoms with E-state index in [0.717, 1.165) is 28.7 Å². The summed E-state index contributed by atoms with van der Waals surface area (Å²) in [5.41, 5.74) is 3.61. The van der Waals surface area contributed by atoms with Gasteiger partial charge in [-0.2, -0.15) is 0 Å². The van der Waals surface area contributed by atoms with Crippen LogP contribution in [-0.2, 0) is 55.3 Å². The van der Waals surface area contributed by atoms with Gasteiger partial charge in [0, 0.05) is 37.1 Å². The highest BCUT2D eigenvalue weighted by molar-refractivity contribution is 7.95. The smallest absolute Gasteiger partial charge is 0.342 e. The minimum atomic E-state index is -0.921. The van der Waals surface area contributed by atoms with Crippen molar-refractivity contribution in [1.82, 2.24) is 0 Å². The topological polar surface area (TPSA) is 150 Å². The van der Waals surface area contributed by atoms with Crippen molar-refractivity contribution in [3.05, 3.63) is 46.6 Å². The van der Waals surface area contributed by atoms with Gasteiger partial charge in [-0.3, -0.25) is 19.2 Å². The second kappa shape index (κ2) is 18.7. The molecule has 0 aliphatic carbocycles. The number of methoxy groups -OCH3 is 1. The Kier molecular flexibility index (Phi) is 15.5. The third-order valence-corrected chi connectivity index (χ3v) is 7.62. The highest BCUT2D eigenvalue weighted by Gasteiger charge is 2.33. The summed E-state index contributed by atoms with van der Waals surface area (Å²) in [4.78, 5) is 59.3. The maximum absolute atomic E-state index is 12.5. The van der Waals surface area contributed by atoms with Crippen LogP contribution in [0, 0.1) is 12.8 Å². The van der Waals surface area contributed by atoms with Crippen LogP contribution in [0.5, 0.6) is 11.5 Å². The number of carbonyl (C=O) groups excluding carboxylic acids is 5. The number of carbonyl (C=O) groups is 5. The zero-order valence-corrected chi connectivity index (χ0v) is 27.5. The second-order valence-corrected chi connectivity index (χ2v) is 11.3. The Morgan fingerprint density at radius 1 is 1.02 bits per heavy atom. The number of hydrogen-bond acceptors (Lipinski definition) is 13. The molecule has 248 valence electrons. The van der Waals surface area contributed by atoms with Gasteiger partial charge >= 0.3 is 29.8 Å². The van der Waals surface area contributed by atoms with Crippen LogP contribution in [0.4, 0.5) is 0 Å². The van der Waals surface area contributed by atoms with Gasteiger partial charge in [0.2, 0.25) is 0 Å². The van der Waals surface area contributed by atoms with E-state index in [4.69, 9.17) is 32.6 Å². The quantitative estimate of drug-likeness (QED) is 0.0877. The molecule has 1 aromatic carbocycles. The predicted octanol–water partition coefficient (Wildman–Crippen LogP) is 4.76. The van der Waals surface area contributed by atoms with E-state index >= 15 is 0 Å². The van der Waals surface area contributed by atoms with E-state index in [2.05, 4.69) is 6.58 Å². The summed E-state index contributed by atoms with van der Waals surface area (Å²) >= 11 is 0.948. The summed E-state index contributed by atoms with van der Waals surface area (Å²) in [5.74, 6) is -1.33. The molecule has 1 aromatic rings. The van der Waals surface area contributed by atoms with Crippen LogP contribution in [-0.4, -0.2) is 68.6 Å². The van der Waals surface area contributed by atoms with E-state index in [1.807, 2.05) is 19.9 Å². The maximum atomic E-state index is 12.5. The molecule has 1 aliphatic rings. The first-order valence-electron chi connectivity index (χ1n) is 14.4. The van der Waals surface area contributed by atoms with Crippen molar-refractivity contribution >= 4 is 41.9 Å². The van der Waals surface area contributed by atoms with Crippen LogP contribution in [0.1, 0.15) is 74.0 Å². The molecule has 45 heavy (non-hydrogen) atoms. The van der Waals surface area contributed by atoms with Crippen molar-refractivity contribution in [1.29, 1.82) is 0 Å². The highest BCUT2D eigenvalue weighted by Crippen LogP contribution is 2.43. The summed E-state index contributed by atoms with van der Waals surface area (Å²) in [6.07, 6.45) is 3.65. The number of fused-ring (bicyclic) bond motifs is 1. The molecular weight excluding hydrogens is 608 g/mol. The van der Waals surface area contributed by atoms with Crippen molar-refractivity contribution in [3.8, 4) is 11.5 Å². The standard InChI is InChI=1S/C32H42O12S/c1-8-13-39-31-25(30(38-7)21(4)26-17-42-32(37)29(26)31)11-9-19(2)10-12-27(35)44-45-18-20(3)14-28(36)43-24(15-40-22(5)33)16-41-23(6)34/h8-9,20,24H,1,10-18H2,2-7H3/b19-9+. The number of esters is 4. The molecule has 0 aromatic heterocycles. The summed E-state index contributed by atoms with van der Waals surface area (Å²) in [5, 5.41) is 0. The van der Waals surface area contributed by atoms with Crippen LogP contribution in [0.25, 0.3) is 0 Å². The van der Waals surface area contributed by atoms with Crippen LogP contribution >= 0.6 is 12.0 Å². The summed E-state index contributed by atoms with van der Waals surface area (Å²) in [7, 11) is 1.56. The Balaban J connectivity index is 1.86. The lowest BCUT2D eigenvalue weighted by atomic mass is 9.94. The molecule has 0 saturated carbocycles. The Bertz CT molecular complexity index is 1270. The monoisotopic (exact) mass is 650 g/mol. The molecule has 1 heterocycles. The number of rotatable bonds is 19. The van der Waals surface area contributed by atoms with Gasteiger partial charge in [0.1, 0.15) is 43.5 Å². The molecule has 12 nitrogen and oxygen atoms in total. The number of cyclic esters (lactones) is 1. The first-order valence-corrected chi connectivity index (χ1v) is 15.4. The molecule has 0 saturated heterocycles. The molecule has 2 rings (SSSR count). The van der Waals surface area contributed by atoms with E-state index in [9.17, 15) is 24.0 Å². The lowest BCUT2D eigenvalue weighted by molar-refractivity contribution is -0.166. The zero-order valence-electron chi connectivity index (χ0n) is 26.7. The SMILES string of the molecule is C=CCOc1c(C/C=C(\C)CCC(=O)OSCC(C)CC(=O)OC(COC(C)=O)COC(C)=O)c(OC)c(C)c2c1C(=O)OC2. The van der Waals surface area contributed by atoms with E-state index in [1.165, 1.54) is 13.8 Å². The summed E-state index contributed by atoms with van der Waals surface area (Å²) < 4.78 is 37.1. The average molecular weight is 651 g/mol. The van der Waals surface area contributed by atoms with Crippen molar-refractivity contribution in [2.75, 3.05) is 32.7 Å². The molecule has 0 amide bonds. The first-order chi connectivity index (χ1) is 21.4. The minimum absolute atomic E-state index is 0.0187. The molecule has 13 heteroatoms. The van der Waals surface area contributed by atoms with Gasteiger partial charge in [-0.15, -0.1) is 0 Å². The van der Waals surface area contributed by atoms with Crippen LogP contribution in [0.3, 0.4) is 0 Å².